The SMILES string of the molecule is Cc1nn(C)c(CC(C)C(Cl)c2ccccc2)c1Cl. The van der Waals surface area contributed by atoms with E-state index in [1.165, 1.54) is 0 Å². The molecule has 2 nitrogen and oxygen atoms in total. The first-order chi connectivity index (χ1) is 9.00. The third-order valence-electron chi connectivity index (χ3n) is 3.39. The summed E-state index contributed by atoms with van der Waals surface area (Å²) in [6.45, 7) is 4.06. The predicted octanol–water partition coefficient (Wildman–Crippen LogP) is 4.54. The molecular weight excluding hydrogens is 279 g/mol. The Morgan fingerprint density at radius 2 is 1.89 bits per heavy atom. The number of aromatic nitrogens is 2. The van der Waals surface area contributed by atoms with Gasteiger partial charge in [0.2, 0.25) is 0 Å². The smallest absolute Gasteiger partial charge is 0.0847 e. The average molecular weight is 297 g/mol. The second-order valence-electron chi connectivity index (χ2n) is 4.96. The minimum Gasteiger partial charge on any atom is -0.271 e. The molecule has 2 aromatic rings. The zero-order valence-electron chi connectivity index (χ0n) is 11.4. The number of hydrogen-bond acceptors (Lipinski definition) is 1. The number of benzene rings is 1. The number of nitrogens with zero attached hydrogens (tertiary/aromatic N) is 2. The van der Waals surface area contributed by atoms with E-state index in [0.29, 0.717) is 0 Å². The lowest BCUT2D eigenvalue weighted by Gasteiger charge is -2.18. The molecule has 0 aliphatic rings. The molecule has 1 aromatic heterocycles. The van der Waals surface area contributed by atoms with Gasteiger partial charge in [0, 0.05) is 7.05 Å². The average Bonchev–Trinajstić information content (AvgIpc) is 2.65. The summed E-state index contributed by atoms with van der Waals surface area (Å²) in [7, 11) is 1.92. The van der Waals surface area contributed by atoms with Crippen molar-refractivity contribution in [2.45, 2.75) is 25.6 Å². The quantitative estimate of drug-likeness (QED) is 0.757. The fraction of sp³-hybridized carbons (Fsp3) is 0.400. The highest BCUT2D eigenvalue weighted by Gasteiger charge is 2.20. The van der Waals surface area contributed by atoms with Crippen molar-refractivity contribution in [1.82, 2.24) is 9.78 Å². The van der Waals surface area contributed by atoms with Crippen molar-refractivity contribution in [2.75, 3.05) is 0 Å². The van der Waals surface area contributed by atoms with Crippen LogP contribution in [0.3, 0.4) is 0 Å². The highest BCUT2D eigenvalue weighted by molar-refractivity contribution is 6.31. The van der Waals surface area contributed by atoms with E-state index in [2.05, 4.69) is 24.2 Å². The molecule has 2 atom stereocenters. The Kier molecular flexibility index (Phi) is 4.54. The summed E-state index contributed by atoms with van der Waals surface area (Å²) < 4.78 is 1.85. The molecule has 0 amide bonds. The first kappa shape index (κ1) is 14.4. The molecule has 102 valence electrons. The van der Waals surface area contributed by atoms with E-state index in [4.69, 9.17) is 23.2 Å². The maximum Gasteiger partial charge on any atom is 0.0847 e. The Morgan fingerprint density at radius 3 is 2.42 bits per heavy atom. The molecule has 0 bridgehead atoms. The normalized spacial score (nSPS) is 14.4. The van der Waals surface area contributed by atoms with Crippen LogP contribution in [-0.2, 0) is 13.5 Å². The molecule has 1 aromatic carbocycles. The Hall–Kier alpha value is -0.990. The largest absolute Gasteiger partial charge is 0.271 e. The summed E-state index contributed by atoms with van der Waals surface area (Å²) in [6.07, 6.45) is 0.819. The van der Waals surface area contributed by atoms with Crippen LogP contribution in [-0.4, -0.2) is 9.78 Å². The van der Waals surface area contributed by atoms with Crippen LogP contribution in [0.2, 0.25) is 5.02 Å². The number of rotatable bonds is 4. The van der Waals surface area contributed by atoms with Gasteiger partial charge in [0.1, 0.15) is 0 Å². The van der Waals surface area contributed by atoms with E-state index < -0.39 is 0 Å². The monoisotopic (exact) mass is 296 g/mol. The van der Waals surface area contributed by atoms with E-state index in [-0.39, 0.29) is 11.3 Å². The molecule has 19 heavy (non-hydrogen) atoms. The summed E-state index contributed by atoms with van der Waals surface area (Å²) in [6, 6.07) is 10.1. The summed E-state index contributed by atoms with van der Waals surface area (Å²) in [5, 5.41) is 5.07. The van der Waals surface area contributed by atoms with Crippen molar-refractivity contribution in [3.05, 3.63) is 52.3 Å². The van der Waals surface area contributed by atoms with Gasteiger partial charge in [-0.05, 0) is 24.8 Å². The van der Waals surface area contributed by atoms with Crippen LogP contribution >= 0.6 is 23.2 Å². The van der Waals surface area contributed by atoms with Gasteiger partial charge < -0.3 is 0 Å². The molecular formula is C15H18Cl2N2. The minimum absolute atomic E-state index is 0.0209. The van der Waals surface area contributed by atoms with Crippen molar-refractivity contribution in [1.29, 1.82) is 0 Å². The number of halogens is 2. The van der Waals surface area contributed by atoms with Gasteiger partial charge >= 0.3 is 0 Å². The fourth-order valence-electron chi connectivity index (χ4n) is 2.28. The topological polar surface area (TPSA) is 17.8 Å². The Balaban J connectivity index is 2.15. The summed E-state index contributed by atoms with van der Waals surface area (Å²) >= 11 is 12.8. The van der Waals surface area contributed by atoms with Crippen LogP contribution in [0.1, 0.15) is 29.3 Å². The maximum atomic E-state index is 6.55. The van der Waals surface area contributed by atoms with Crippen molar-refractivity contribution in [3.8, 4) is 0 Å². The van der Waals surface area contributed by atoms with Gasteiger partial charge in [0.25, 0.3) is 0 Å². The van der Waals surface area contributed by atoms with Crippen LogP contribution in [0.25, 0.3) is 0 Å². The van der Waals surface area contributed by atoms with E-state index in [9.17, 15) is 0 Å². The molecule has 0 aliphatic heterocycles. The van der Waals surface area contributed by atoms with Gasteiger partial charge in [0.05, 0.1) is 21.8 Å². The minimum atomic E-state index is -0.0209. The maximum absolute atomic E-state index is 6.55. The van der Waals surface area contributed by atoms with Gasteiger partial charge in [-0.25, -0.2) is 0 Å². The van der Waals surface area contributed by atoms with Crippen molar-refractivity contribution >= 4 is 23.2 Å². The first-order valence-electron chi connectivity index (χ1n) is 6.37. The van der Waals surface area contributed by atoms with Crippen LogP contribution in [0, 0.1) is 12.8 Å². The van der Waals surface area contributed by atoms with E-state index >= 15 is 0 Å². The second kappa shape index (κ2) is 5.98. The predicted molar refractivity (Wildman–Crippen MR) is 80.9 cm³/mol. The fourth-order valence-corrected chi connectivity index (χ4v) is 2.75. The molecule has 2 rings (SSSR count). The van der Waals surface area contributed by atoms with E-state index in [1.54, 1.807) is 0 Å². The molecule has 2 unspecified atom stereocenters. The first-order valence-corrected chi connectivity index (χ1v) is 7.19. The molecule has 0 N–H and O–H groups in total. The van der Waals surface area contributed by atoms with Gasteiger partial charge in [-0.15, -0.1) is 11.6 Å². The van der Waals surface area contributed by atoms with Gasteiger partial charge in [0.15, 0.2) is 0 Å². The lowest BCUT2D eigenvalue weighted by Crippen LogP contribution is -2.10. The van der Waals surface area contributed by atoms with Crippen LogP contribution < -0.4 is 0 Å². The lowest BCUT2D eigenvalue weighted by atomic mass is 9.96. The summed E-state index contributed by atoms with van der Waals surface area (Å²) in [5.74, 6) is 0.288. The van der Waals surface area contributed by atoms with Gasteiger partial charge in [-0.2, -0.15) is 5.10 Å². The molecule has 0 radical (unpaired) electrons. The van der Waals surface area contributed by atoms with Crippen molar-refractivity contribution in [2.24, 2.45) is 13.0 Å². The molecule has 4 heteroatoms. The Bertz CT molecular complexity index is 549. The van der Waals surface area contributed by atoms with Crippen molar-refractivity contribution in [3.63, 3.8) is 0 Å². The molecule has 0 spiro atoms. The number of aryl methyl sites for hydroxylation is 2. The standard InChI is InChI=1S/C15H18Cl2N2/c1-10(14(16)12-7-5-4-6-8-12)9-13-15(17)11(2)18-19(13)3/h4-8,10,14H,9H2,1-3H3. The van der Waals surface area contributed by atoms with E-state index in [0.717, 1.165) is 28.4 Å². The molecule has 0 aliphatic carbocycles. The number of hydrogen-bond donors (Lipinski definition) is 0. The third-order valence-corrected chi connectivity index (χ3v) is 4.57. The summed E-state index contributed by atoms with van der Waals surface area (Å²) in [5.41, 5.74) is 3.07. The molecule has 0 saturated carbocycles. The van der Waals surface area contributed by atoms with Gasteiger partial charge in [-0.1, -0.05) is 48.9 Å². The zero-order chi connectivity index (χ0) is 14.0. The highest BCUT2D eigenvalue weighted by atomic mass is 35.5. The summed E-state index contributed by atoms with van der Waals surface area (Å²) in [4.78, 5) is 0. The van der Waals surface area contributed by atoms with Crippen LogP contribution in [0.4, 0.5) is 0 Å². The zero-order valence-corrected chi connectivity index (χ0v) is 12.9. The molecule has 0 saturated heterocycles. The number of alkyl halides is 1. The van der Waals surface area contributed by atoms with Gasteiger partial charge in [-0.3, -0.25) is 4.68 Å². The van der Waals surface area contributed by atoms with E-state index in [1.807, 2.05) is 36.9 Å². The molecule has 1 heterocycles. The third kappa shape index (κ3) is 3.13. The van der Waals surface area contributed by atoms with Crippen LogP contribution in [0.15, 0.2) is 30.3 Å². The molecule has 0 fully saturated rings. The lowest BCUT2D eigenvalue weighted by molar-refractivity contribution is 0.531. The van der Waals surface area contributed by atoms with Crippen molar-refractivity contribution < 1.29 is 0 Å². The Morgan fingerprint density at radius 1 is 1.26 bits per heavy atom. The second-order valence-corrected chi connectivity index (χ2v) is 5.81. The Labute approximate surface area is 124 Å². The highest BCUT2D eigenvalue weighted by Crippen LogP contribution is 2.33. The van der Waals surface area contributed by atoms with Crippen LogP contribution in [0.5, 0.6) is 0 Å².